The van der Waals surface area contributed by atoms with Gasteiger partial charge in [0, 0.05) is 31.5 Å². The lowest BCUT2D eigenvalue weighted by molar-refractivity contribution is 0.199. The van der Waals surface area contributed by atoms with Gasteiger partial charge in [-0.1, -0.05) is 0 Å². The van der Waals surface area contributed by atoms with Gasteiger partial charge in [0.15, 0.2) is 0 Å². The van der Waals surface area contributed by atoms with E-state index in [0.29, 0.717) is 0 Å². The van der Waals surface area contributed by atoms with Crippen LogP contribution in [0.4, 0.5) is 0 Å². The predicted molar refractivity (Wildman–Crippen MR) is 81.0 cm³/mol. The van der Waals surface area contributed by atoms with Crippen molar-refractivity contribution < 1.29 is 4.74 Å². The smallest absolute Gasteiger partial charge is 0.129 e. The van der Waals surface area contributed by atoms with E-state index in [2.05, 4.69) is 19.2 Å². The number of ether oxygens (including phenoxy) is 1. The van der Waals surface area contributed by atoms with E-state index in [4.69, 9.17) is 14.7 Å². The highest BCUT2D eigenvalue weighted by Crippen LogP contribution is 2.31. The number of hydrogen-bond acceptors (Lipinski definition) is 4. The molecule has 1 N–H and O–H groups in total. The van der Waals surface area contributed by atoms with Gasteiger partial charge in [-0.2, -0.15) is 0 Å². The maximum Gasteiger partial charge on any atom is 0.129 e. The summed E-state index contributed by atoms with van der Waals surface area (Å²) < 4.78 is 5.01. The Bertz CT molecular complexity index is 407. The largest absolute Gasteiger partial charge is 0.383 e. The summed E-state index contributed by atoms with van der Waals surface area (Å²) in [6.07, 6.45) is 5.96. The Kier molecular flexibility index (Phi) is 5.92. The average Bonchev–Trinajstić information content (AvgIpc) is 3.20. The topological polar surface area (TPSA) is 47.0 Å². The minimum absolute atomic E-state index is 0.775. The zero-order valence-electron chi connectivity index (χ0n) is 13.0. The molecule has 0 aliphatic heterocycles. The Balaban J connectivity index is 1.81. The molecule has 4 nitrogen and oxygen atoms in total. The fraction of sp³-hybridized carbons (Fsp3) is 0.750. The molecule has 4 heteroatoms. The monoisotopic (exact) mass is 277 g/mol. The predicted octanol–water partition coefficient (Wildman–Crippen LogP) is 2.21. The van der Waals surface area contributed by atoms with E-state index in [1.807, 2.05) is 0 Å². The number of nitrogens with zero attached hydrogens (tertiary/aromatic N) is 2. The van der Waals surface area contributed by atoms with Crippen LogP contribution >= 0.6 is 0 Å². The molecule has 1 aromatic rings. The first-order valence-corrected chi connectivity index (χ1v) is 7.73. The number of methoxy groups -OCH3 is 1. The van der Waals surface area contributed by atoms with Crippen molar-refractivity contribution in [3.05, 3.63) is 22.8 Å². The first-order valence-electron chi connectivity index (χ1n) is 7.73. The number of aryl methyl sites for hydroxylation is 2. The molecule has 1 heterocycles. The molecular formula is C16H27N3O. The summed E-state index contributed by atoms with van der Waals surface area (Å²) in [6.45, 7) is 6.96. The van der Waals surface area contributed by atoms with Crippen LogP contribution in [0.1, 0.15) is 42.0 Å². The minimum atomic E-state index is 0.775. The normalized spacial score (nSPS) is 14.8. The minimum Gasteiger partial charge on any atom is -0.383 e. The maximum atomic E-state index is 5.01. The lowest BCUT2D eigenvalue weighted by Gasteiger charge is -2.11. The van der Waals surface area contributed by atoms with Gasteiger partial charge in [-0.15, -0.1) is 0 Å². The molecule has 0 saturated heterocycles. The van der Waals surface area contributed by atoms with Gasteiger partial charge < -0.3 is 10.1 Å². The average molecular weight is 277 g/mol. The van der Waals surface area contributed by atoms with E-state index >= 15 is 0 Å². The molecule has 0 bridgehead atoms. The Hall–Kier alpha value is -1.00. The molecule has 1 aliphatic rings. The van der Waals surface area contributed by atoms with Crippen LogP contribution in [-0.4, -0.2) is 36.8 Å². The lowest BCUT2D eigenvalue weighted by Crippen LogP contribution is -2.21. The fourth-order valence-electron chi connectivity index (χ4n) is 2.53. The highest BCUT2D eigenvalue weighted by atomic mass is 16.5. The van der Waals surface area contributed by atoms with Crippen molar-refractivity contribution in [3.8, 4) is 0 Å². The molecule has 0 spiro atoms. The molecule has 0 radical (unpaired) electrons. The van der Waals surface area contributed by atoms with Crippen LogP contribution in [0.3, 0.4) is 0 Å². The molecule has 1 aliphatic carbocycles. The third-order valence-electron chi connectivity index (χ3n) is 3.90. The van der Waals surface area contributed by atoms with Gasteiger partial charge in [0.2, 0.25) is 0 Å². The summed E-state index contributed by atoms with van der Waals surface area (Å²) in [6, 6.07) is 0. The summed E-state index contributed by atoms with van der Waals surface area (Å²) >= 11 is 0. The van der Waals surface area contributed by atoms with Gasteiger partial charge in [-0.05, 0) is 57.6 Å². The first-order chi connectivity index (χ1) is 9.70. The van der Waals surface area contributed by atoms with Crippen LogP contribution in [0.25, 0.3) is 0 Å². The van der Waals surface area contributed by atoms with Gasteiger partial charge in [0.05, 0.1) is 6.61 Å². The first kappa shape index (κ1) is 15.4. The Morgan fingerprint density at radius 3 is 2.45 bits per heavy atom. The van der Waals surface area contributed by atoms with Crippen molar-refractivity contribution in [1.29, 1.82) is 0 Å². The molecule has 1 saturated carbocycles. The van der Waals surface area contributed by atoms with Crippen LogP contribution < -0.4 is 5.32 Å². The molecule has 2 rings (SSSR count). The van der Waals surface area contributed by atoms with Gasteiger partial charge in [0.1, 0.15) is 5.82 Å². The van der Waals surface area contributed by atoms with Crippen molar-refractivity contribution in [2.75, 3.05) is 26.8 Å². The van der Waals surface area contributed by atoms with Gasteiger partial charge >= 0.3 is 0 Å². The van der Waals surface area contributed by atoms with Crippen LogP contribution in [0, 0.1) is 19.8 Å². The highest BCUT2D eigenvalue weighted by Gasteiger charge is 2.23. The van der Waals surface area contributed by atoms with Gasteiger partial charge in [-0.3, -0.25) is 0 Å². The Labute approximate surface area is 122 Å². The van der Waals surface area contributed by atoms with Crippen molar-refractivity contribution in [2.45, 2.75) is 46.0 Å². The standard InChI is InChI=1S/C16H27N3O/c1-12-15(5-4-8-17-9-10-20-3)13(2)19-16(18-12)11-14-6-7-14/h14,17H,4-11H2,1-3H3. The van der Waals surface area contributed by atoms with E-state index in [-0.39, 0.29) is 0 Å². The van der Waals surface area contributed by atoms with Crippen LogP contribution in [0.15, 0.2) is 0 Å². The van der Waals surface area contributed by atoms with Crippen LogP contribution in [0.5, 0.6) is 0 Å². The molecule has 0 aromatic carbocycles. The zero-order chi connectivity index (χ0) is 14.4. The van der Waals surface area contributed by atoms with E-state index in [1.54, 1.807) is 7.11 Å². The van der Waals surface area contributed by atoms with Gasteiger partial charge in [0.25, 0.3) is 0 Å². The summed E-state index contributed by atoms with van der Waals surface area (Å²) in [5.74, 6) is 1.90. The van der Waals surface area contributed by atoms with Crippen molar-refractivity contribution in [3.63, 3.8) is 0 Å². The summed E-state index contributed by atoms with van der Waals surface area (Å²) in [7, 11) is 1.73. The second-order valence-electron chi connectivity index (χ2n) is 5.78. The van der Waals surface area contributed by atoms with Gasteiger partial charge in [-0.25, -0.2) is 9.97 Å². The number of rotatable bonds is 9. The number of aromatic nitrogens is 2. The molecular weight excluding hydrogens is 250 g/mol. The molecule has 0 amide bonds. The second-order valence-corrected chi connectivity index (χ2v) is 5.78. The van der Waals surface area contributed by atoms with Crippen molar-refractivity contribution in [2.24, 2.45) is 5.92 Å². The molecule has 112 valence electrons. The zero-order valence-corrected chi connectivity index (χ0v) is 13.0. The number of nitrogens with one attached hydrogen (secondary N) is 1. The molecule has 0 unspecified atom stereocenters. The third kappa shape index (κ3) is 4.84. The quantitative estimate of drug-likeness (QED) is 0.703. The number of hydrogen-bond donors (Lipinski definition) is 1. The summed E-state index contributed by atoms with van der Waals surface area (Å²) in [5.41, 5.74) is 3.67. The summed E-state index contributed by atoms with van der Waals surface area (Å²) in [4.78, 5) is 9.38. The summed E-state index contributed by atoms with van der Waals surface area (Å²) in [5, 5.41) is 3.38. The van der Waals surface area contributed by atoms with Crippen molar-refractivity contribution in [1.82, 2.24) is 15.3 Å². The molecule has 20 heavy (non-hydrogen) atoms. The Morgan fingerprint density at radius 1 is 1.15 bits per heavy atom. The van der Waals surface area contributed by atoms with Crippen LogP contribution in [-0.2, 0) is 17.6 Å². The Morgan fingerprint density at radius 2 is 1.85 bits per heavy atom. The van der Waals surface area contributed by atoms with E-state index in [0.717, 1.165) is 50.7 Å². The fourth-order valence-corrected chi connectivity index (χ4v) is 2.53. The maximum absolute atomic E-state index is 5.01. The molecule has 1 aromatic heterocycles. The van der Waals surface area contributed by atoms with E-state index < -0.39 is 0 Å². The second kappa shape index (κ2) is 7.70. The SMILES string of the molecule is COCCNCCCc1c(C)nc(CC2CC2)nc1C. The lowest BCUT2D eigenvalue weighted by atomic mass is 10.1. The van der Waals surface area contributed by atoms with E-state index in [9.17, 15) is 0 Å². The highest BCUT2D eigenvalue weighted by molar-refractivity contribution is 5.24. The molecule has 1 fully saturated rings. The van der Waals surface area contributed by atoms with E-state index in [1.165, 1.54) is 29.8 Å². The third-order valence-corrected chi connectivity index (χ3v) is 3.90. The van der Waals surface area contributed by atoms with Crippen LogP contribution in [0.2, 0.25) is 0 Å². The van der Waals surface area contributed by atoms with Crippen molar-refractivity contribution >= 4 is 0 Å². The molecule has 0 atom stereocenters.